The van der Waals surface area contributed by atoms with Crippen LogP contribution in [-0.2, 0) is 4.79 Å². The molecular weight excluding hydrogens is 424 g/mol. The van der Waals surface area contributed by atoms with Crippen LogP contribution in [0.4, 0.5) is 0 Å². The van der Waals surface area contributed by atoms with Crippen molar-refractivity contribution in [2.45, 2.75) is 111 Å². The van der Waals surface area contributed by atoms with Crippen molar-refractivity contribution in [3.63, 3.8) is 0 Å². The van der Waals surface area contributed by atoms with Crippen molar-refractivity contribution in [1.82, 2.24) is 0 Å². The van der Waals surface area contributed by atoms with E-state index < -0.39 is 24.1 Å². The fourth-order valence-electron chi connectivity index (χ4n) is 10.9. The van der Waals surface area contributed by atoms with Gasteiger partial charge in [-0.3, -0.25) is 4.79 Å². The topological polar surface area (TPSA) is 77.8 Å². The van der Waals surface area contributed by atoms with E-state index >= 15 is 0 Å². The highest BCUT2D eigenvalue weighted by Crippen LogP contribution is 2.88. The molecule has 0 amide bonds. The summed E-state index contributed by atoms with van der Waals surface area (Å²) in [6.45, 7) is 16.4. The van der Waals surface area contributed by atoms with Gasteiger partial charge in [0.15, 0.2) is 0 Å². The fourth-order valence-corrected chi connectivity index (χ4v) is 10.9. The molecule has 0 saturated heterocycles. The maximum Gasteiger partial charge on any atom is 0.309 e. The van der Waals surface area contributed by atoms with Gasteiger partial charge in [-0.2, -0.15) is 0 Å². The summed E-state index contributed by atoms with van der Waals surface area (Å²) in [5.41, 5.74) is 1.74. The van der Waals surface area contributed by atoms with E-state index in [1.54, 1.807) is 0 Å². The summed E-state index contributed by atoms with van der Waals surface area (Å²) >= 11 is 0. The molecule has 5 saturated carbocycles. The molecule has 192 valence electrons. The lowest BCUT2D eigenvalue weighted by molar-refractivity contribution is -0.187. The Labute approximate surface area is 206 Å². The first kappa shape index (κ1) is 24.8. The molecular formula is C30H48O4. The molecule has 0 aromatic carbocycles. The van der Waals surface area contributed by atoms with E-state index in [0.29, 0.717) is 23.2 Å². The molecule has 5 fully saturated rings. The molecule has 0 unspecified atom stereocenters. The third kappa shape index (κ3) is 2.93. The zero-order valence-electron chi connectivity index (χ0n) is 22.1. The molecule has 34 heavy (non-hydrogen) atoms. The summed E-state index contributed by atoms with van der Waals surface area (Å²) in [6.07, 6.45) is 8.88. The normalized spacial score (nSPS) is 52.2. The predicted molar refractivity (Wildman–Crippen MR) is 134 cm³/mol. The summed E-state index contributed by atoms with van der Waals surface area (Å²) in [5, 5.41) is 31.9. The van der Waals surface area contributed by atoms with Crippen molar-refractivity contribution < 1.29 is 20.1 Å². The summed E-state index contributed by atoms with van der Waals surface area (Å²) < 4.78 is 0. The number of aliphatic carboxylic acids is 1. The van der Waals surface area contributed by atoms with E-state index in [-0.39, 0.29) is 28.6 Å². The lowest BCUT2D eigenvalue weighted by Gasteiger charge is -2.62. The van der Waals surface area contributed by atoms with Gasteiger partial charge in [-0.1, -0.05) is 46.8 Å². The highest BCUT2D eigenvalue weighted by atomic mass is 16.4. The molecule has 0 bridgehead atoms. The molecule has 11 atom stereocenters. The van der Waals surface area contributed by atoms with Gasteiger partial charge in [0.25, 0.3) is 0 Å². The Morgan fingerprint density at radius 1 is 1.03 bits per heavy atom. The molecule has 0 heterocycles. The average molecular weight is 473 g/mol. The molecule has 5 aliphatic rings. The summed E-state index contributed by atoms with van der Waals surface area (Å²) in [5.74, 6) is 0.884. The van der Waals surface area contributed by atoms with Crippen molar-refractivity contribution in [2.75, 3.05) is 0 Å². The number of rotatable bonds is 6. The summed E-state index contributed by atoms with van der Waals surface area (Å²) in [6, 6.07) is 0. The Balaban J connectivity index is 1.41. The molecule has 2 spiro atoms. The van der Waals surface area contributed by atoms with E-state index in [9.17, 15) is 20.1 Å². The van der Waals surface area contributed by atoms with E-state index in [0.717, 1.165) is 38.0 Å². The quantitative estimate of drug-likeness (QED) is 0.411. The minimum atomic E-state index is -0.918. The average Bonchev–Trinajstić information content (AvgIpc) is 3.37. The zero-order chi connectivity index (χ0) is 24.8. The Hall–Kier alpha value is -0.870. The van der Waals surface area contributed by atoms with E-state index in [4.69, 9.17) is 0 Å². The highest BCUT2D eigenvalue weighted by Gasteiger charge is 2.84. The Morgan fingerprint density at radius 2 is 1.74 bits per heavy atom. The van der Waals surface area contributed by atoms with Crippen LogP contribution in [0.25, 0.3) is 0 Å². The second-order valence-corrected chi connectivity index (χ2v) is 14.1. The molecule has 5 rings (SSSR count). The fraction of sp³-hybridized carbons (Fsp3) is 0.900. The van der Waals surface area contributed by atoms with Crippen LogP contribution >= 0.6 is 0 Å². The van der Waals surface area contributed by atoms with Crippen LogP contribution in [0.3, 0.4) is 0 Å². The van der Waals surface area contributed by atoms with Crippen molar-refractivity contribution >= 4 is 5.97 Å². The van der Waals surface area contributed by atoms with E-state index in [2.05, 4.69) is 41.2 Å². The Morgan fingerprint density at radius 3 is 2.38 bits per heavy atom. The molecule has 0 radical (unpaired) electrons. The van der Waals surface area contributed by atoms with Gasteiger partial charge in [0.05, 0.1) is 18.1 Å². The van der Waals surface area contributed by atoms with Gasteiger partial charge in [0, 0.05) is 11.8 Å². The molecule has 3 N–H and O–H groups in total. The predicted octanol–water partition coefficient (Wildman–Crippen LogP) is 6.06. The molecule has 0 aliphatic heterocycles. The third-order valence-corrected chi connectivity index (χ3v) is 13.1. The number of hydrogen-bond acceptors (Lipinski definition) is 3. The summed E-state index contributed by atoms with van der Waals surface area (Å²) in [7, 11) is 0. The largest absolute Gasteiger partial charge is 0.481 e. The van der Waals surface area contributed by atoms with Crippen LogP contribution in [0.1, 0.15) is 98.8 Å². The van der Waals surface area contributed by atoms with Crippen LogP contribution in [0.15, 0.2) is 12.2 Å². The lowest BCUT2D eigenvalue weighted by Crippen LogP contribution is -2.60. The summed E-state index contributed by atoms with van der Waals surface area (Å²) in [4.78, 5) is 12.2. The van der Waals surface area contributed by atoms with Crippen LogP contribution in [0, 0.1) is 57.2 Å². The maximum atomic E-state index is 12.2. The van der Waals surface area contributed by atoms with Gasteiger partial charge in [-0.15, -0.1) is 0 Å². The number of carboxylic acids is 1. The first-order valence-electron chi connectivity index (χ1n) is 14.1. The number of hydrogen-bond donors (Lipinski definition) is 3. The number of carbonyl (C=O) groups is 1. The lowest BCUT2D eigenvalue weighted by atomic mass is 9.42. The number of allylic oxidation sites excluding steroid dienone is 1. The SMILES string of the molecule is C=C(CC[C@@H](C)[C@H]1CC[C@@]2(C)[C@@H]3CC[C@H]4[C@H](C(=O)O)[C@@H](O)C[C@H](O)[C@@]45C[C@@]35CC[C@]12C)C(C)C. The van der Waals surface area contributed by atoms with Gasteiger partial charge < -0.3 is 15.3 Å². The maximum absolute atomic E-state index is 12.2. The standard InChI is InChI=1S/C30H48O4/c1-17(2)18(3)7-8-19(4)20-11-12-28(6)23-10-9-21-25(26(33)34)22(31)15-24(32)30(21)16-29(23,30)14-13-27(20,28)5/h17,19-25,31-32H,3,7-16H2,1-2,4-6H3,(H,33,34)/t19-,20-,21+,22+,23+,24+,25+,27-,28+,29+,30-/m1/s1. The van der Waals surface area contributed by atoms with Crippen LogP contribution in [0.2, 0.25) is 0 Å². The van der Waals surface area contributed by atoms with Gasteiger partial charge in [-0.05, 0) is 104 Å². The van der Waals surface area contributed by atoms with Gasteiger partial charge >= 0.3 is 5.97 Å². The van der Waals surface area contributed by atoms with Crippen LogP contribution in [0.5, 0.6) is 0 Å². The van der Waals surface area contributed by atoms with Crippen molar-refractivity contribution in [2.24, 2.45) is 57.2 Å². The molecule has 5 aliphatic carbocycles. The van der Waals surface area contributed by atoms with Crippen LogP contribution in [-0.4, -0.2) is 33.5 Å². The minimum absolute atomic E-state index is 0.0777. The highest BCUT2D eigenvalue weighted by molar-refractivity contribution is 5.72. The first-order valence-corrected chi connectivity index (χ1v) is 14.1. The zero-order valence-corrected chi connectivity index (χ0v) is 22.1. The monoisotopic (exact) mass is 472 g/mol. The van der Waals surface area contributed by atoms with Gasteiger partial charge in [-0.25, -0.2) is 0 Å². The Bertz CT molecular complexity index is 866. The smallest absolute Gasteiger partial charge is 0.309 e. The van der Waals surface area contributed by atoms with E-state index in [1.165, 1.54) is 31.3 Å². The number of aliphatic hydroxyl groups is 2. The minimum Gasteiger partial charge on any atom is -0.481 e. The van der Waals surface area contributed by atoms with Crippen molar-refractivity contribution in [3.05, 3.63) is 12.2 Å². The molecule has 0 aromatic rings. The first-order chi connectivity index (χ1) is 15.9. The second kappa shape index (κ2) is 7.81. The Kier molecular flexibility index (Phi) is 5.70. The van der Waals surface area contributed by atoms with Gasteiger partial charge in [0.1, 0.15) is 0 Å². The number of fused-ring (bicyclic) bond motifs is 2. The van der Waals surface area contributed by atoms with Crippen LogP contribution < -0.4 is 0 Å². The van der Waals surface area contributed by atoms with E-state index in [1.807, 2.05) is 0 Å². The molecule has 4 nitrogen and oxygen atoms in total. The number of carboxylic acid groups (broad SMARTS) is 1. The number of aliphatic hydroxyl groups excluding tert-OH is 2. The molecule has 4 heteroatoms. The third-order valence-electron chi connectivity index (χ3n) is 13.1. The second-order valence-electron chi connectivity index (χ2n) is 14.1. The van der Waals surface area contributed by atoms with Crippen molar-refractivity contribution in [1.29, 1.82) is 0 Å². The van der Waals surface area contributed by atoms with Gasteiger partial charge in [0.2, 0.25) is 0 Å². The van der Waals surface area contributed by atoms with Crippen molar-refractivity contribution in [3.8, 4) is 0 Å². The molecule has 0 aromatic heterocycles.